The van der Waals surface area contributed by atoms with Crippen LogP contribution in [0.4, 0.5) is 11.4 Å². The highest BCUT2D eigenvalue weighted by atomic mass is 79.9. The van der Waals surface area contributed by atoms with Crippen LogP contribution in [0.1, 0.15) is 11.1 Å². The van der Waals surface area contributed by atoms with Crippen LogP contribution in [0.15, 0.2) is 63.5 Å². The van der Waals surface area contributed by atoms with Gasteiger partial charge in [0, 0.05) is 17.3 Å². The molecule has 0 radical (unpaired) electrons. The summed E-state index contributed by atoms with van der Waals surface area (Å²) < 4.78 is 7.19. The van der Waals surface area contributed by atoms with Crippen LogP contribution in [-0.4, -0.2) is 12.5 Å². The highest BCUT2D eigenvalue weighted by molar-refractivity contribution is 9.11. The van der Waals surface area contributed by atoms with Gasteiger partial charge in [-0.25, -0.2) is 0 Å². The predicted octanol–water partition coefficient (Wildman–Crippen LogP) is 7.46. The van der Waals surface area contributed by atoms with E-state index < -0.39 is 0 Å². The lowest BCUT2D eigenvalue weighted by Crippen LogP contribution is -2.20. The summed E-state index contributed by atoms with van der Waals surface area (Å²) in [6, 6.07) is 16.8. The minimum Gasteiger partial charge on any atom is -0.481 e. The number of carbonyl (C=O) groups excluding carboxylic acids is 1. The third-order valence-corrected chi connectivity index (χ3v) is 5.85. The van der Waals surface area contributed by atoms with E-state index in [2.05, 4.69) is 42.5 Å². The number of nitrogens with one attached hydrogen (secondary N) is 2. The molecule has 0 bridgehead atoms. The molecule has 30 heavy (non-hydrogen) atoms. The first-order valence-corrected chi connectivity index (χ1v) is 11.3. The first-order valence-electron chi connectivity index (χ1n) is 8.98. The minimum atomic E-state index is -0.234. The van der Waals surface area contributed by atoms with Gasteiger partial charge in [-0.3, -0.25) is 4.79 Å². The minimum absolute atomic E-state index is 0.108. The summed E-state index contributed by atoms with van der Waals surface area (Å²) in [5, 5.41) is 7.24. The molecule has 3 rings (SSSR count). The molecule has 0 aromatic heterocycles. The maximum absolute atomic E-state index is 12.2. The Morgan fingerprint density at radius 1 is 1.03 bits per heavy atom. The number of benzene rings is 3. The summed E-state index contributed by atoms with van der Waals surface area (Å²) in [5.74, 6) is 0.324. The van der Waals surface area contributed by atoms with E-state index in [1.54, 1.807) is 12.1 Å². The van der Waals surface area contributed by atoms with Gasteiger partial charge in [-0.05, 0) is 92.4 Å². The summed E-state index contributed by atoms with van der Waals surface area (Å²) in [6.45, 7) is 2.41. The Morgan fingerprint density at radius 3 is 2.43 bits per heavy atom. The van der Waals surface area contributed by atoms with Gasteiger partial charge < -0.3 is 15.4 Å². The Morgan fingerprint density at radius 2 is 1.77 bits per heavy atom. The number of carbonyl (C=O) groups is 1. The van der Waals surface area contributed by atoms with E-state index >= 15 is 0 Å². The molecule has 0 unspecified atom stereocenters. The highest BCUT2D eigenvalue weighted by Crippen LogP contribution is 2.35. The van der Waals surface area contributed by atoms with Gasteiger partial charge in [0.15, 0.2) is 6.61 Å². The molecule has 0 spiro atoms. The molecule has 4 nitrogen and oxygen atoms in total. The van der Waals surface area contributed by atoms with Gasteiger partial charge in [0.1, 0.15) is 5.75 Å². The lowest BCUT2D eigenvalue weighted by atomic mass is 10.2. The second kappa shape index (κ2) is 10.5. The largest absolute Gasteiger partial charge is 0.481 e. The maximum atomic E-state index is 12.2. The maximum Gasteiger partial charge on any atom is 0.262 e. The summed E-state index contributed by atoms with van der Waals surface area (Å²) in [4.78, 5) is 12.2. The summed E-state index contributed by atoms with van der Waals surface area (Å²) >= 11 is 19.2. The molecule has 1 amide bonds. The fourth-order valence-corrected chi connectivity index (χ4v) is 4.73. The topological polar surface area (TPSA) is 50.4 Å². The van der Waals surface area contributed by atoms with Gasteiger partial charge in [0.25, 0.3) is 5.91 Å². The predicted molar refractivity (Wildman–Crippen MR) is 131 cm³/mol. The van der Waals surface area contributed by atoms with Crippen molar-refractivity contribution in [2.75, 3.05) is 17.2 Å². The molecule has 0 fully saturated rings. The molecule has 2 N–H and O–H groups in total. The Hall–Kier alpha value is -1.73. The number of ether oxygens (including phenoxy) is 1. The zero-order chi connectivity index (χ0) is 21.7. The first kappa shape index (κ1) is 22.9. The smallest absolute Gasteiger partial charge is 0.262 e. The molecule has 0 atom stereocenters. The number of anilines is 2. The molecule has 8 heteroatoms. The van der Waals surface area contributed by atoms with Crippen LogP contribution in [0, 0.1) is 6.92 Å². The normalized spacial score (nSPS) is 10.6. The Kier molecular flexibility index (Phi) is 8.06. The molecule has 0 aliphatic carbocycles. The lowest BCUT2D eigenvalue weighted by Gasteiger charge is -2.14. The van der Waals surface area contributed by atoms with Gasteiger partial charge in [-0.2, -0.15) is 0 Å². The monoisotopic (exact) mass is 570 g/mol. The van der Waals surface area contributed by atoms with E-state index in [0.29, 0.717) is 22.3 Å². The number of hydrogen-bond acceptors (Lipinski definition) is 3. The van der Waals surface area contributed by atoms with Crippen LogP contribution in [0.5, 0.6) is 5.75 Å². The highest BCUT2D eigenvalue weighted by Gasteiger charge is 2.12. The number of halogens is 4. The van der Waals surface area contributed by atoms with Crippen LogP contribution in [-0.2, 0) is 11.3 Å². The molecule has 0 aliphatic heterocycles. The fraction of sp³-hybridized carbons (Fsp3) is 0.136. The van der Waals surface area contributed by atoms with E-state index in [9.17, 15) is 4.79 Å². The lowest BCUT2D eigenvalue weighted by molar-refractivity contribution is -0.118. The van der Waals surface area contributed by atoms with Crippen LogP contribution in [0.3, 0.4) is 0 Å². The van der Waals surface area contributed by atoms with Gasteiger partial charge in [0.05, 0.1) is 19.7 Å². The average Bonchev–Trinajstić information content (AvgIpc) is 2.66. The molecule has 0 heterocycles. The van der Waals surface area contributed by atoms with E-state index in [4.69, 9.17) is 27.9 Å². The molecule has 0 aliphatic rings. The summed E-state index contributed by atoms with van der Waals surface area (Å²) in [7, 11) is 0. The average molecular weight is 573 g/mol. The molecule has 156 valence electrons. The number of amides is 1. The zero-order valence-corrected chi connectivity index (χ0v) is 20.6. The zero-order valence-electron chi connectivity index (χ0n) is 15.9. The van der Waals surface area contributed by atoms with Crippen molar-refractivity contribution in [1.29, 1.82) is 0 Å². The number of rotatable bonds is 7. The van der Waals surface area contributed by atoms with E-state index in [1.165, 1.54) is 0 Å². The molecular weight excluding hydrogens is 555 g/mol. The number of hydrogen-bond donors (Lipinski definition) is 2. The van der Waals surface area contributed by atoms with Crippen molar-refractivity contribution in [2.45, 2.75) is 13.5 Å². The van der Waals surface area contributed by atoms with Crippen LogP contribution < -0.4 is 15.4 Å². The van der Waals surface area contributed by atoms with Crippen molar-refractivity contribution in [3.63, 3.8) is 0 Å². The van der Waals surface area contributed by atoms with Crippen molar-refractivity contribution in [2.24, 2.45) is 0 Å². The molecule has 0 saturated heterocycles. The second-order valence-electron chi connectivity index (χ2n) is 6.57. The summed E-state index contributed by atoms with van der Waals surface area (Å²) in [5.41, 5.74) is 3.60. The molecule has 0 saturated carbocycles. The van der Waals surface area contributed by atoms with Crippen molar-refractivity contribution in [3.05, 3.63) is 84.7 Å². The van der Waals surface area contributed by atoms with Crippen molar-refractivity contribution < 1.29 is 9.53 Å². The van der Waals surface area contributed by atoms with Crippen LogP contribution in [0.2, 0.25) is 10.0 Å². The second-order valence-corrected chi connectivity index (χ2v) is 9.12. The van der Waals surface area contributed by atoms with Gasteiger partial charge in [-0.15, -0.1) is 0 Å². The molecule has 3 aromatic rings. The van der Waals surface area contributed by atoms with Crippen molar-refractivity contribution >= 4 is 72.3 Å². The number of aryl methyl sites for hydroxylation is 1. The van der Waals surface area contributed by atoms with Crippen LogP contribution in [0.25, 0.3) is 0 Å². The molecular formula is C22H18Br2Cl2N2O2. The van der Waals surface area contributed by atoms with E-state index in [0.717, 1.165) is 31.4 Å². The Labute approximate surface area is 202 Å². The van der Waals surface area contributed by atoms with Gasteiger partial charge >= 0.3 is 0 Å². The Bertz CT molecular complexity index is 1050. The summed E-state index contributed by atoms with van der Waals surface area (Å²) in [6.07, 6.45) is 0. The Balaban J connectivity index is 1.60. The SMILES string of the molecule is Cc1cccc(NC(=O)COc2c(Br)cc(CNc3ccc(Cl)cc3Cl)cc2Br)c1. The fourth-order valence-electron chi connectivity index (χ4n) is 2.74. The molecule has 3 aromatic carbocycles. The van der Waals surface area contributed by atoms with E-state index in [1.807, 2.05) is 49.4 Å². The first-order chi connectivity index (χ1) is 14.3. The van der Waals surface area contributed by atoms with Crippen molar-refractivity contribution in [3.8, 4) is 5.75 Å². The van der Waals surface area contributed by atoms with E-state index in [-0.39, 0.29) is 12.5 Å². The standard InChI is InChI=1S/C22H18Br2Cl2N2O2/c1-13-3-2-4-16(7-13)28-21(29)12-30-22-17(23)8-14(9-18(22)24)11-27-20-6-5-15(25)10-19(20)26/h2-10,27H,11-12H2,1H3,(H,28,29). The van der Waals surface area contributed by atoms with Gasteiger partial charge in [0.2, 0.25) is 0 Å². The van der Waals surface area contributed by atoms with Crippen molar-refractivity contribution in [1.82, 2.24) is 0 Å². The van der Waals surface area contributed by atoms with Gasteiger partial charge in [-0.1, -0.05) is 35.3 Å². The van der Waals surface area contributed by atoms with Crippen LogP contribution >= 0.6 is 55.1 Å². The third-order valence-electron chi connectivity index (χ3n) is 4.12. The quantitative estimate of drug-likeness (QED) is 0.309. The third kappa shape index (κ3) is 6.38.